The predicted octanol–water partition coefficient (Wildman–Crippen LogP) is 2.11. The van der Waals surface area contributed by atoms with Crippen LogP contribution in [0.5, 0.6) is 5.75 Å². The first kappa shape index (κ1) is 11.1. The van der Waals surface area contributed by atoms with E-state index in [4.69, 9.17) is 16.3 Å². The largest absolute Gasteiger partial charge is 0.560 e. The molecule has 2 rings (SSSR count). The van der Waals surface area contributed by atoms with Crippen molar-refractivity contribution >= 4 is 24.2 Å². The summed E-state index contributed by atoms with van der Waals surface area (Å²) in [5.41, 5.74) is 0.720. The summed E-state index contributed by atoms with van der Waals surface area (Å²) in [6, 6.07) is 16.1. The Morgan fingerprint density at radius 3 is 2.19 bits per heavy atom. The van der Waals surface area contributed by atoms with Gasteiger partial charge in [0.05, 0.1) is 0 Å². The lowest BCUT2D eigenvalue weighted by atomic mass is 9.79. The third kappa shape index (κ3) is 2.78. The first-order valence-electron chi connectivity index (χ1n) is 4.91. The Kier molecular flexibility index (Phi) is 3.49. The zero-order valence-corrected chi connectivity index (χ0v) is 9.26. The fourth-order valence-electron chi connectivity index (χ4n) is 1.33. The molecule has 2 aromatic rings. The molecule has 0 aliphatic carbocycles. The molecule has 0 aliphatic heterocycles. The van der Waals surface area contributed by atoms with E-state index in [1.54, 1.807) is 36.4 Å². The van der Waals surface area contributed by atoms with Crippen LogP contribution in [0.25, 0.3) is 0 Å². The zero-order chi connectivity index (χ0) is 11.4. The summed E-state index contributed by atoms with van der Waals surface area (Å²) in [6.45, 7) is 0. The fourth-order valence-corrected chi connectivity index (χ4v) is 1.45. The number of halogens is 1. The highest BCUT2D eigenvalue weighted by Gasteiger charge is 2.17. The molecule has 0 heterocycles. The predicted molar refractivity (Wildman–Crippen MR) is 66.1 cm³/mol. The summed E-state index contributed by atoms with van der Waals surface area (Å²) >= 11 is 5.75. The first-order valence-corrected chi connectivity index (χ1v) is 5.29. The Hall–Kier alpha value is -1.45. The van der Waals surface area contributed by atoms with Crippen molar-refractivity contribution in [3.05, 3.63) is 59.6 Å². The molecule has 0 saturated heterocycles. The SMILES string of the molecule is OB(Oc1ccc(Cl)cc1)c1ccccc1. The van der Waals surface area contributed by atoms with Gasteiger partial charge >= 0.3 is 7.12 Å². The second-order valence-electron chi connectivity index (χ2n) is 3.33. The number of hydrogen-bond acceptors (Lipinski definition) is 2. The minimum Gasteiger partial charge on any atom is -0.532 e. The second-order valence-corrected chi connectivity index (χ2v) is 3.77. The minimum atomic E-state index is -0.956. The third-order valence-corrected chi connectivity index (χ3v) is 2.40. The first-order chi connectivity index (χ1) is 7.75. The normalized spacial score (nSPS) is 9.88. The molecular weight excluding hydrogens is 222 g/mol. The molecule has 80 valence electrons. The van der Waals surface area contributed by atoms with Crippen LogP contribution in [0.2, 0.25) is 5.02 Å². The van der Waals surface area contributed by atoms with Crippen LogP contribution in [0, 0.1) is 0 Å². The molecule has 0 spiro atoms. The Morgan fingerprint density at radius 2 is 1.56 bits per heavy atom. The van der Waals surface area contributed by atoms with Gasteiger partial charge in [0.25, 0.3) is 0 Å². The maximum absolute atomic E-state index is 9.79. The molecule has 0 aromatic heterocycles. The molecule has 2 nitrogen and oxygen atoms in total. The van der Waals surface area contributed by atoms with E-state index in [-0.39, 0.29) is 0 Å². The maximum Gasteiger partial charge on any atom is 0.560 e. The van der Waals surface area contributed by atoms with Crippen molar-refractivity contribution in [3.63, 3.8) is 0 Å². The summed E-state index contributed by atoms with van der Waals surface area (Å²) < 4.78 is 5.35. The lowest BCUT2D eigenvalue weighted by molar-refractivity contribution is 0.432. The van der Waals surface area contributed by atoms with Crippen LogP contribution >= 0.6 is 11.6 Å². The average molecular weight is 232 g/mol. The van der Waals surface area contributed by atoms with E-state index < -0.39 is 7.12 Å². The van der Waals surface area contributed by atoms with Crippen LogP contribution in [0.15, 0.2) is 54.6 Å². The van der Waals surface area contributed by atoms with Gasteiger partial charge in [0.2, 0.25) is 0 Å². The van der Waals surface area contributed by atoms with Gasteiger partial charge in [-0.05, 0) is 29.7 Å². The lowest BCUT2D eigenvalue weighted by Gasteiger charge is -2.09. The Labute approximate surface area is 99.6 Å². The number of hydrogen-bond donors (Lipinski definition) is 1. The van der Waals surface area contributed by atoms with E-state index in [2.05, 4.69) is 0 Å². The van der Waals surface area contributed by atoms with Gasteiger partial charge in [-0.15, -0.1) is 0 Å². The van der Waals surface area contributed by atoms with E-state index >= 15 is 0 Å². The summed E-state index contributed by atoms with van der Waals surface area (Å²) in [6.07, 6.45) is 0. The zero-order valence-electron chi connectivity index (χ0n) is 8.51. The van der Waals surface area contributed by atoms with E-state index in [0.717, 1.165) is 5.46 Å². The molecule has 0 aliphatic rings. The Bertz CT molecular complexity index is 444. The quantitative estimate of drug-likeness (QED) is 0.821. The van der Waals surface area contributed by atoms with Crippen molar-refractivity contribution in [1.29, 1.82) is 0 Å². The van der Waals surface area contributed by atoms with E-state index in [1.165, 1.54) is 0 Å². The molecule has 2 aromatic carbocycles. The van der Waals surface area contributed by atoms with E-state index in [1.807, 2.05) is 18.2 Å². The monoisotopic (exact) mass is 232 g/mol. The van der Waals surface area contributed by atoms with Crippen molar-refractivity contribution in [2.75, 3.05) is 0 Å². The van der Waals surface area contributed by atoms with Crippen molar-refractivity contribution < 1.29 is 9.68 Å². The topological polar surface area (TPSA) is 29.5 Å². The average Bonchev–Trinajstić information content (AvgIpc) is 2.33. The Balaban J connectivity index is 2.08. The van der Waals surface area contributed by atoms with Crippen LogP contribution in [-0.2, 0) is 0 Å². The standard InChI is InChI=1S/C12H10BClO2/c14-11-6-8-12(9-7-11)16-13(15)10-4-2-1-3-5-10/h1-9,15H. The second kappa shape index (κ2) is 5.06. The molecule has 0 fully saturated rings. The minimum absolute atomic E-state index is 0.584. The lowest BCUT2D eigenvalue weighted by Crippen LogP contribution is -2.36. The fraction of sp³-hybridized carbons (Fsp3) is 0. The molecule has 0 amide bonds. The van der Waals surface area contributed by atoms with Crippen molar-refractivity contribution in [2.45, 2.75) is 0 Å². The number of rotatable bonds is 3. The molecule has 0 saturated carbocycles. The molecule has 0 atom stereocenters. The summed E-state index contributed by atoms with van der Waals surface area (Å²) in [4.78, 5) is 0. The Morgan fingerprint density at radius 1 is 0.938 bits per heavy atom. The van der Waals surface area contributed by atoms with E-state index in [0.29, 0.717) is 10.8 Å². The van der Waals surface area contributed by atoms with E-state index in [9.17, 15) is 5.02 Å². The van der Waals surface area contributed by atoms with Gasteiger partial charge in [0.1, 0.15) is 5.75 Å². The third-order valence-electron chi connectivity index (χ3n) is 2.15. The highest BCUT2D eigenvalue weighted by atomic mass is 35.5. The van der Waals surface area contributed by atoms with Gasteiger partial charge < -0.3 is 9.68 Å². The highest BCUT2D eigenvalue weighted by Crippen LogP contribution is 2.15. The van der Waals surface area contributed by atoms with Crippen LogP contribution in [-0.4, -0.2) is 12.1 Å². The van der Waals surface area contributed by atoms with Gasteiger partial charge in [-0.25, -0.2) is 0 Å². The molecular formula is C12H10BClO2. The molecule has 0 unspecified atom stereocenters. The van der Waals surface area contributed by atoms with Crippen molar-refractivity contribution in [2.24, 2.45) is 0 Å². The van der Waals surface area contributed by atoms with Crippen LogP contribution in [0.1, 0.15) is 0 Å². The molecule has 16 heavy (non-hydrogen) atoms. The van der Waals surface area contributed by atoms with Gasteiger partial charge in [0.15, 0.2) is 0 Å². The van der Waals surface area contributed by atoms with Crippen molar-refractivity contribution in [1.82, 2.24) is 0 Å². The molecule has 4 heteroatoms. The molecule has 0 bridgehead atoms. The smallest absolute Gasteiger partial charge is 0.532 e. The molecule has 0 radical (unpaired) electrons. The molecule has 1 N–H and O–H groups in total. The van der Waals surface area contributed by atoms with Gasteiger partial charge in [-0.3, -0.25) is 0 Å². The maximum atomic E-state index is 9.79. The highest BCUT2D eigenvalue weighted by molar-refractivity contribution is 6.60. The van der Waals surface area contributed by atoms with Crippen LogP contribution in [0.3, 0.4) is 0 Å². The number of benzene rings is 2. The van der Waals surface area contributed by atoms with Crippen molar-refractivity contribution in [3.8, 4) is 5.75 Å². The summed E-state index contributed by atoms with van der Waals surface area (Å²) in [5, 5.41) is 10.4. The van der Waals surface area contributed by atoms with Gasteiger partial charge in [0, 0.05) is 5.02 Å². The van der Waals surface area contributed by atoms with Gasteiger partial charge in [-0.2, -0.15) is 0 Å². The summed E-state index contributed by atoms with van der Waals surface area (Å²) in [5.74, 6) is 0.584. The van der Waals surface area contributed by atoms with Gasteiger partial charge in [-0.1, -0.05) is 41.9 Å². The summed E-state index contributed by atoms with van der Waals surface area (Å²) in [7, 11) is -0.956. The van der Waals surface area contributed by atoms with Crippen LogP contribution < -0.4 is 10.1 Å². The van der Waals surface area contributed by atoms with Crippen LogP contribution in [0.4, 0.5) is 0 Å².